The van der Waals surface area contributed by atoms with Crippen molar-refractivity contribution < 1.29 is 47.2 Å². The topological polar surface area (TPSA) is 248 Å². The molecule has 0 spiro atoms. The highest BCUT2D eigenvalue weighted by molar-refractivity contribution is 8.46. The molecule has 73 heavy (non-hydrogen) atoms. The SMILES string of the molecule is CN(COc1ccc(P(=NCOc2ccc(C=NN(C)[P+](=S)Oc3ccc(CCN(CP(=O)(O)O)CP(=O)(O)O)cc3)cc2)(c2ccccc2)c2ccccc2)cc1)N=Cc1ccc(OPP(P)N=[N+]=[N-])cc1. The van der Waals surface area contributed by atoms with E-state index in [9.17, 15) is 28.7 Å². The van der Waals surface area contributed by atoms with E-state index in [1.54, 1.807) is 53.5 Å². The lowest BCUT2D eigenvalue weighted by Gasteiger charge is -2.27. The Bertz CT molecular complexity index is 2930. The molecule has 0 aliphatic heterocycles. The van der Waals surface area contributed by atoms with E-state index in [2.05, 4.69) is 65.3 Å². The standard InChI is InChI=1S/C46H52N9O10P7S/c1-53(48-31-38-17-21-42(22-18-38)64-67-68(66)52-51-47)34-63-41-25-27-46(28-26-41)72(44-9-5-3-6-10-44,45-11-7-4-8-12-45)50-33-62-40-19-15-39(16-20-40)32-49-54(2)69(73)65-43-23-13-37(14-24-43)29-30-55(35-70(56,57)58)36-71(59,60)61/h3-28,31-32,67H,29-30,33-36,66H2,1-2H3,(H3-,56,57,58,59,60,61)/p+1. The monoisotopic (exact) mass is 1140 g/mol. The first kappa shape index (κ1) is 57.4. The number of benzene rings is 6. The molecule has 0 aliphatic carbocycles. The molecule has 6 aromatic rings. The van der Waals surface area contributed by atoms with Gasteiger partial charge in [-0.1, -0.05) is 91.4 Å². The molecule has 0 aromatic heterocycles. The van der Waals surface area contributed by atoms with Gasteiger partial charge in [0, 0.05) is 34.4 Å². The molecule has 0 amide bonds. The van der Waals surface area contributed by atoms with Crippen LogP contribution in [0.25, 0.3) is 10.4 Å². The highest BCUT2D eigenvalue weighted by Crippen LogP contribution is 2.63. The van der Waals surface area contributed by atoms with E-state index in [0.717, 1.165) is 37.5 Å². The smallest absolute Gasteiger partial charge is 0.472 e. The summed E-state index contributed by atoms with van der Waals surface area (Å²) in [5, 5.41) is 13.9. The van der Waals surface area contributed by atoms with Gasteiger partial charge in [-0.25, -0.2) is 0 Å². The Balaban J connectivity index is 1.06. The maximum absolute atomic E-state index is 11.5. The Labute approximate surface area is 434 Å². The van der Waals surface area contributed by atoms with Crippen LogP contribution in [0.1, 0.15) is 16.7 Å². The first-order chi connectivity index (χ1) is 35.0. The van der Waals surface area contributed by atoms with E-state index >= 15 is 0 Å². The van der Waals surface area contributed by atoms with Crippen molar-refractivity contribution in [2.75, 3.05) is 46.7 Å². The molecule has 6 aromatic carbocycles. The maximum Gasteiger partial charge on any atom is 0.540 e. The first-order valence-electron chi connectivity index (χ1n) is 21.8. The first-order valence-corrected chi connectivity index (χ1v) is 34.1. The van der Waals surface area contributed by atoms with Gasteiger partial charge in [0.2, 0.25) is 11.8 Å². The molecule has 6 rings (SSSR count). The number of hydrogen-bond donors (Lipinski definition) is 4. The lowest BCUT2D eigenvalue weighted by Crippen LogP contribution is -2.28. The van der Waals surface area contributed by atoms with E-state index in [0.29, 0.717) is 29.4 Å². The summed E-state index contributed by atoms with van der Waals surface area (Å²) in [6.45, 7) is 0.310. The van der Waals surface area contributed by atoms with Crippen LogP contribution in [-0.4, -0.2) is 93.4 Å². The average Bonchev–Trinajstić information content (AvgIpc) is 3.37. The molecular formula is C46H53N9O10P7S+. The molecule has 4 N–H and O–H groups in total. The van der Waals surface area contributed by atoms with Gasteiger partial charge in [0.15, 0.2) is 19.2 Å². The second kappa shape index (κ2) is 28.1. The number of hydrazone groups is 2. The third-order valence-electron chi connectivity index (χ3n) is 10.1. The predicted molar refractivity (Wildman–Crippen MR) is 302 cm³/mol. The number of nitrogens with zero attached hydrogens (tertiary/aromatic N) is 9. The number of rotatable bonds is 27. The van der Waals surface area contributed by atoms with Crippen LogP contribution in [-0.2, 0) is 27.4 Å². The summed E-state index contributed by atoms with van der Waals surface area (Å²) in [6, 6.07) is 50.4. The van der Waals surface area contributed by atoms with Gasteiger partial charge in [-0.05, 0) is 114 Å². The van der Waals surface area contributed by atoms with Gasteiger partial charge in [0.25, 0.3) is 0 Å². The van der Waals surface area contributed by atoms with Crippen molar-refractivity contribution in [2.45, 2.75) is 6.42 Å². The van der Waals surface area contributed by atoms with E-state index in [1.807, 2.05) is 104 Å². The highest BCUT2D eigenvalue weighted by Gasteiger charge is 2.28. The van der Waals surface area contributed by atoms with Crippen molar-refractivity contribution in [3.63, 3.8) is 0 Å². The summed E-state index contributed by atoms with van der Waals surface area (Å²) in [5.74, 6) is 2.47. The Morgan fingerprint density at radius 3 is 1.74 bits per heavy atom. The maximum atomic E-state index is 11.5. The van der Waals surface area contributed by atoms with Crippen molar-refractivity contribution in [1.82, 2.24) is 14.7 Å². The fraction of sp³-hybridized carbons (Fsp3) is 0.174. The summed E-state index contributed by atoms with van der Waals surface area (Å²) < 4.78 is 54.0. The van der Waals surface area contributed by atoms with Crippen molar-refractivity contribution in [3.05, 3.63) is 185 Å². The minimum Gasteiger partial charge on any atom is -0.472 e. The van der Waals surface area contributed by atoms with Gasteiger partial charge in [-0.3, -0.25) is 28.3 Å². The van der Waals surface area contributed by atoms with Crippen LogP contribution in [0, 0.1) is 0 Å². The Hall–Kier alpha value is -4.93. The number of ether oxygens (including phenoxy) is 2. The van der Waals surface area contributed by atoms with Crippen molar-refractivity contribution >= 4 is 94.3 Å². The van der Waals surface area contributed by atoms with Gasteiger partial charge in [-0.15, -0.1) is 5.10 Å². The second-order valence-electron chi connectivity index (χ2n) is 15.7. The number of hydrogen-bond acceptors (Lipinski definition) is 13. The summed E-state index contributed by atoms with van der Waals surface area (Å²) in [4.78, 5) is 44.9. The third kappa shape index (κ3) is 19.1. The lowest BCUT2D eigenvalue weighted by molar-refractivity contribution is 0.158. The minimum atomic E-state index is -4.52. The van der Waals surface area contributed by atoms with Crippen LogP contribution in [0.15, 0.2) is 178 Å². The Morgan fingerprint density at radius 1 is 0.699 bits per heavy atom. The molecule has 0 saturated heterocycles. The molecule has 19 nitrogen and oxygen atoms in total. The molecule has 0 heterocycles. The van der Waals surface area contributed by atoms with E-state index in [4.69, 9.17) is 40.6 Å². The van der Waals surface area contributed by atoms with Crippen LogP contribution < -0.4 is 34.4 Å². The molecule has 27 heteroatoms. The van der Waals surface area contributed by atoms with Crippen LogP contribution in [0.3, 0.4) is 0 Å². The molecular weight excluding hydrogens is 1090 g/mol. The summed E-state index contributed by atoms with van der Waals surface area (Å²) >= 11 is 5.60. The van der Waals surface area contributed by atoms with Crippen molar-refractivity contribution in [1.29, 1.82) is 0 Å². The molecule has 4 atom stereocenters. The minimum absolute atomic E-state index is 0.0275. The van der Waals surface area contributed by atoms with Crippen LogP contribution in [0.2, 0.25) is 0 Å². The highest BCUT2D eigenvalue weighted by atomic mass is 32.4. The fourth-order valence-electron chi connectivity index (χ4n) is 6.78. The summed E-state index contributed by atoms with van der Waals surface area (Å²) in [6.07, 6.45) is 2.17. The zero-order valence-electron chi connectivity index (χ0n) is 39.4. The van der Waals surface area contributed by atoms with Gasteiger partial charge in [-0.2, -0.15) is 5.10 Å². The second-order valence-corrected chi connectivity index (χ2v) is 30.4. The lowest BCUT2D eigenvalue weighted by atomic mass is 10.1. The van der Waals surface area contributed by atoms with E-state index < -0.39 is 49.3 Å². The van der Waals surface area contributed by atoms with Crippen LogP contribution in [0.5, 0.6) is 23.0 Å². The molecule has 0 aliphatic rings. The summed E-state index contributed by atoms with van der Waals surface area (Å²) in [7, 11) is -8.11. The van der Waals surface area contributed by atoms with Gasteiger partial charge in [0.05, 0.1) is 34.0 Å². The largest absolute Gasteiger partial charge is 0.540 e. The zero-order valence-corrected chi connectivity index (χ0v) is 46.8. The van der Waals surface area contributed by atoms with Crippen molar-refractivity contribution in [2.24, 2.45) is 19.8 Å². The Kier molecular flexibility index (Phi) is 22.1. The molecule has 0 radical (unpaired) electrons. The van der Waals surface area contributed by atoms with Gasteiger partial charge >= 0.3 is 22.3 Å². The number of azide groups is 1. The Morgan fingerprint density at radius 2 is 1.19 bits per heavy atom. The molecule has 0 bridgehead atoms. The average molecular weight is 1140 g/mol. The van der Waals surface area contributed by atoms with Crippen LogP contribution in [0.4, 0.5) is 0 Å². The normalized spacial score (nSPS) is 12.7. The predicted octanol–water partition coefficient (Wildman–Crippen LogP) is 10.1. The van der Waals surface area contributed by atoms with Crippen molar-refractivity contribution in [3.8, 4) is 23.0 Å². The van der Waals surface area contributed by atoms with Crippen LogP contribution >= 0.6 is 54.2 Å². The summed E-state index contributed by atoms with van der Waals surface area (Å²) in [5.41, 5.74) is 11.1. The van der Waals surface area contributed by atoms with Gasteiger partial charge < -0.3 is 33.6 Å². The molecule has 0 fully saturated rings. The fourth-order valence-corrected chi connectivity index (χ4v) is 14.7. The van der Waals surface area contributed by atoms with E-state index in [1.165, 1.54) is 0 Å². The molecule has 382 valence electrons. The molecule has 0 saturated carbocycles. The zero-order chi connectivity index (χ0) is 52.3. The van der Waals surface area contributed by atoms with E-state index in [-0.39, 0.29) is 28.5 Å². The van der Waals surface area contributed by atoms with Gasteiger partial charge in [0.1, 0.15) is 38.3 Å². The molecule has 4 unspecified atom stereocenters. The third-order valence-corrected chi connectivity index (χ3v) is 20.4. The quantitative estimate of drug-likeness (QED) is 0.00713.